The van der Waals surface area contributed by atoms with Crippen LogP contribution in [0.3, 0.4) is 0 Å². The highest BCUT2D eigenvalue weighted by atomic mass is 14.1. The van der Waals surface area contributed by atoms with E-state index in [0.717, 1.165) is 11.1 Å². The van der Waals surface area contributed by atoms with Gasteiger partial charge in [0.2, 0.25) is 0 Å². The van der Waals surface area contributed by atoms with Gasteiger partial charge in [0.05, 0.1) is 0 Å². The molecule has 0 unspecified atom stereocenters. The Morgan fingerprint density at radius 1 is 0.950 bits per heavy atom. The van der Waals surface area contributed by atoms with Gasteiger partial charge < -0.3 is 0 Å². The first-order valence-electron chi connectivity index (χ1n) is 6.78. The van der Waals surface area contributed by atoms with Crippen LogP contribution in [0.4, 0.5) is 0 Å². The molecule has 0 saturated heterocycles. The molecule has 0 heteroatoms. The van der Waals surface area contributed by atoms with Crippen LogP contribution in [0.2, 0.25) is 0 Å². The lowest BCUT2D eigenvalue weighted by atomic mass is 9.97. The van der Waals surface area contributed by atoms with Crippen molar-refractivity contribution >= 4 is 16.3 Å². The monoisotopic (exact) mass is 260 g/mol. The van der Waals surface area contributed by atoms with Crippen molar-refractivity contribution in [1.29, 1.82) is 0 Å². The van der Waals surface area contributed by atoms with E-state index in [9.17, 15) is 0 Å². The molecule has 2 aromatic carbocycles. The Balaban J connectivity index is 2.33. The zero-order valence-electron chi connectivity index (χ0n) is 12.2. The molecule has 0 atom stereocenters. The summed E-state index contributed by atoms with van der Waals surface area (Å²) < 4.78 is 0. The Hall–Kier alpha value is -2.34. The molecule has 0 nitrogen and oxygen atoms in total. The van der Waals surface area contributed by atoms with Gasteiger partial charge in [-0.25, -0.2) is 0 Å². The molecule has 0 amide bonds. The highest BCUT2D eigenvalue weighted by Crippen LogP contribution is 2.25. The van der Waals surface area contributed by atoms with Crippen LogP contribution >= 0.6 is 0 Å². The molecular formula is C20H20. The van der Waals surface area contributed by atoms with Gasteiger partial charge >= 0.3 is 0 Å². The van der Waals surface area contributed by atoms with Gasteiger partial charge in [0.15, 0.2) is 0 Å². The van der Waals surface area contributed by atoms with Crippen LogP contribution in [-0.2, 0) is 0 Å². The summed E-state index contributed by atoms with van der Waals surface area (Å²) >= 11 is 0. The van der Waals surface area contributed by atoms with Crippen molar-refractivity contribution in [3.8, 4) is 0 Å². The van der Waals surface area contributed by atoms with Crippen molar-refractivity contribution in [2.45, 2.75) is 13.8 Å². The summed E-state index contributed by atoms with van der Waals surface area (Å²) in [6, 6.07) is 14.9. The fraction of sp³-hybridized carbons (Fsp3) is 0.100. The van der Waals surface area contributed by atoms with Gasteiger partial charge in [0, 0.05) is 0 Å². The number of rotatable bonds is 4. The van der Waals surface area contributed by atoms with E-state index >= 15 is 0 Å². The molecule has 0 aromatic heterocycles. The van der Waals surface area contributed by atoms with Crippen LogP contribution in [0, 0.1) is 0 Å². The summed E-state index contributed by atoms with van der Waals surface area (Å²) in [5, 5.41) is 2.50. The molecule has 0 aliphatic rings. The average molecular weight is 260 g/mol. The molecule has 0 bridgehead atoms. The molecule has 0 heterocycles. The third kappa shape index (κ3) is 3.16. The maximum absolute atomic E-state index is 4.21. The van der Waals surface area contributed by atoms with E-state index in [1.54, 1.807) is 0 Å². The topological polar surface area (TPSA) is 0 Å². The molecule has 20 heavy (non-hydrogen) atoms. The fourth-order valence-corrected chi connectivity index (χ4v) is 2.03. The van der Waals surface area contributed by atoms with Gasteiger partial charge in [-0.1, -0.05) is 73.4 Å². The van der Waals surface area contributed by atoms with Crippen LogP contribution in [-0.4, -0.2) is 0 Å². The Labute approximate surface area is 121 Å². The van der Waals surface area contributed by atoms with Crippen LogP contribution in [0.1, 0.15) is 19.4 Å². The zero-order valence-corrected chi connectivity index (χ0v) is 12.2. The Kier molecular flexibility index (Phi) is 4.37. The van der Waals surface area contributed by atoms with Gasteiger partial charge in [-0.3, -0.25) is 0 Å². The Morgan fingerprint density at radius 3 is 2.35 bits per heavy atom. The lowest BCUT2D eigenvalue weighted by Crippen LogP contribution is -1.85. The SMILES string of the molecule is C=C/C(C)=C/C=C(\C)C(=C)c1ccc2ccccc2c1. The fourth-order valence-electron chi connectivity index (χ4n) is 2.03. The lowest BCUT2D eigenvalue weighted by Gasteiger charge is -2.08. The molecule has 0 aliphatic heterocycles. The van der Waals surface area contributed by atoms with Crippen LogP contribution < -0.4 is 0 Å². The predicted molar refractivity (Wildman–Crippen MR) is 90.7 cm³/mol. The third-order valence-corrected chi connectivity index (χ3v) is 3.49. The summed E-state index contributed by atoms with van der Waals surface area (Å²) in [7, 11) is 0. The second-order valence-electron chi connectivity index (χ2n) is 5.00. The summed E-state index contributed by atoms with van der Waals surface area (Å²) in [5.41, 5.74) is 4.54. The van der Waals surface area contributed by atoms with Gasteiger partial charge in [-0.05, 0) is 47.4 Å². The normalized spacial score (nSPS) is 12.5. The first-order chi connectivity index (χ1) is 9.61. The Morgan fingerprint density at radius 2 is 1.65 bits per heavy atom. The van der Waals surface area contributed by atoms with Crippen molar-refractivity contribution in [2.75, 3.05) is 0 Å². The highest BCUT2D eigenvalue weighted by Gasteiger charge is 2.02. The Bertz CT molecular complexity index is 712. The minimum atomic E-state index is 1.06. The largest absolute Gasteiger partial charge is 0.0988 e. The van der Waals surface area contributed by atoms with Gasteiger partial charge in [0.1, 0.15) is 0 Å². The second-order valence-corrected chi connectivity index (χ2v) is 5.00. The first-order valence-corrected chi connectivity index (χ1v) is 6.78. The van der Waals surface area contributed by atoms with Gasteiger partial charge in [-0.2, -0.15) is 0 Å². The number of benzene rings is 2. The molecule has 100 valence electrons. The van der Waals surface area contributed by atoms with Crippen molar-refractivity contribution in [2.24, 2.45) is 0 Å². The van der Waals surface area contributed by atoms with Crippen molar-refractivity contribution in [3.05, 3.63) is 90.6 Å². The van der Waals surface area contributed by atoms with Crippen molar-refractivity contribution in [1.82, 2.24) is 0 Å². The smallest absolute Gasteiger partial charge is 0.0178 e. The van der Waals surface area contributed by atoms with E-state index in [-0.39, 0.29) is 0 Å². The van der Waals surface area contributed by atoms with Crippen molar-refractivity contribution in [3.63, 3.8) is 0 Å². The first kappa shape index (κ1) is 14.1. The standard InChI is InChI=1S/C20H20/c1-5-15(2)10-11-16(3)17(4)19-13-12-18-8-6-7-9-20(18)14-19/h5-14H,1,4H2,2-3H3/b15-10+,16-11+. The molecular weight excluding hydrogens is 240 g/mol. The quantitative estimate of drug-likeness (QED) is 0.597. The number of hydrogen-bond donors (Lipinski definition) is 0. The number of fused-ring (bicyclic) bond motifs is 1. The summed E-state index contributed by atoms with van der Waals surface area (Å²) in [6.45, 7) is 12.1. The molecule has 2 rings (SSSR count). The van der Waals surface area contributed by atoms with Crippen LogP contribution in [0.25, 0.3) is 16.3 Å². The van der Waals surface area contributed by atoms with Crippen LogP contribution in [0.5, 0.6) is 0 Å². The summed E-state index contributed by atoms with van der Waals surface area (Å²) in [5.74, 6) is 0. The average Bonchev–Trinajstić information content (AvgIpc) is 2.50. The molecule has 0 radical (unpaired) electrons. The maximum Gasteiger partial charge on any atom is -0.0178 e. The second kappa shape index (κ2) is 6.21. The minimum Gasteiger partial charge on any atom is -0.0988 e. The van der Waals surface area contributed by atoms with E-state index in [2.05, 4.69) is 74.7 Å². The van der Waals surface area contributed by atoms with E-state index in [1.807, 2.05) is 13.0 Å². The molecule has 2 aromatic rings. The van der Waals surface area contributed by atoms with E-state index < -0.39 is 0 Å². The zero-order chi connectivity index (χ0) is 14.5. The molecule has 0 aliphatic carbocycles. The number of hydrogen-bond acceptors (Lipinski definition) is 0. The van der Waals surface area contributed by atoms with Crippen LogP contribution in [0.15, 0.2) is 85.0 Å². The predicted octanol–water partition coefficient (Wildman–Crippen LogP) is 5.93. The number of allylic oxidation sites excluding steroid dienone is 6. The summed E-state index contributed by atoms with van der Waals surface area (Å²) in [4.78, 5) is 0. The van der Waals surface area contributed by atoms with E-state index in [0.29, 0.717) is 0 Å². The van der Waals surface area contributed by atoms with E-state index in [1.165, 1.54) is 21.9 Å². The molecule has 0 fully saturated rings. The minimum absolute atomic E-state index is 1.06. The van der Waals surface area contributed by atoms with E-state index in [4.69, 9.17) is 0 Å². The third-order valence-electron chi connectivity index (χ3n) is 3.49. The maximum atomic E-state index is 4.21. The highest BCUT2D eigenvalue weighted by molar-refractivity contribution is 5.88. The lowest BCUT2D eigenvalue weighted by molar-refractivity contribution is 1.48. The molecule has 0 spiro atoms. The molecule has 0 N–H and O–H groups in total. The van der Waals surface area contributed by atoms with Gasteiger partial charge in [-0.15, -0.1) is 0 Å². The van der Waals surface area contributed by atoms with Crippen molar-refractivity contribution < 1.29 is 0 Å². The van der Waals surface area contributed by atoms with Gasteiger partial charge in [0.25, 0.3) is 0 Å². The molecule has 0 saturated carbocycles. The summed E-state index contributed by atoms with van der Waals surface area (Å²) in [6.07, 6.45) is 6.01.